The Kier molecular flexibility index (Phi) is 4.35. The minimum absolute atomic E-state index is 0.137. The van der Waals surface area contributed by atoms with E-state index in [1.807, 2.05) is 31.2 Å². The highest BCUT2D eigenvalue weighted by molar-refractivity contribution is 5.97. The number of ether oxygens (including phenoxy) is 1. The Bertz CT molecular complexity index is 673. The highest BCUT2D eigenvalue weighted by atomic mass is 16.5. The molecule has 116 valence electrons. The predicted octanol–water partition coefficient (Wildman–Crippen LogP) is 3.87. The van der Waals surface area contributed by atoms with Gasteiger partial charge in [-0.2, -0.15) is 0 Å². The van der Waals surface area contributed by atoms with Crippen LogP contribution in [0.5, 0.6) is 17.2 Å². The molecule has 0 aliphatic heterocycles. The molecule has 0 aliphatic carbocycles. The molecule has 1 amide bonds. The maximum absolute atomic E-state index is 12.1. The van der Waals surface area contributed by atoms with Gasteiger partial charge in [-0.15, -0.1) is 0 Å². The molecule has 1 heterocycles. The minimum atomic E-state index is -0.586. The van der Waals surface area contributed by atoms with Gasteiger partial charge in [0.15, 0.2) is 11.5 Å². The van der Waals surface area contributed by atoms with Crippen molar-refractivity contribution in [2.24, 2.45) is 5.41 Å². The van der Waals surface area contributed by atoms with Crippen LogP contribution in [0.3, 0.4) is 0 Å². The molecule has 5 nitrogen and oxygen atoms in total. The summed E-state index contributed by atoms with van der Waals surface area (Å²) >= 11 is 0. The van der Waals surface area contributed by atoms with Gasteiger partial charge in [0.05, 0.1) is 12.4 Å². The van der Waals surface area contributed by atoms with Gasteiger partial charge >= 0.3 is 0 Å². The Morgan fingerprint density at radius 1 is 1.18 bits per heavy atom. The first-order valence-electron chi connectivity index (χ1n) is 7.00. The fourth-order valence-electron chi connectivity index (χ4n) is 1.67. The molecule has 0 radical (unpaired) electrons. The van der Waals surface area contributed by atoms with Gasteiger partial charge in [0.1, 0.15) is 11.4 Å². The largest absolute Gasteiger partial charge is 0.504 e. The second kappa shape index (κ2) is 6.05. The number of carbonyl (C=O) groups is 1. The van der Waals surface area contributed by atoms with Crippen molar-refractivity contribution >= 4 is 11.6 Å². The number of aromatic hydroxyl groups is 1. The predicted molar refractivity (Wildman–Crippen MR) is 85.2 cm³/mol. The Morgan fingerprint density at radius 2 is 1.82 bits per heavy atom. The van der Waals surface area contributed by atoms with E-state index in [2.05, 4.69) is 10.3 Å². The molecule has 1 aromatic heterocycles. The molecule has 0 fully saturated rings. The third-order valence-electron chi connectivity index (χ3n) is 3.06. The average Bonchev–Trinajstić information content (AvgIpc) is 2.44. The van der Waals surface area contributed by atoms with Crippen LogP contribution >= 0.6 is 0 Å². The highest BCUT2D eigenvalue weighted by Crippen LogP contribution is 2.36. The van der Waals surface area contributed by atoms with E-state index in [1.165, 1.54) is 12.4 Å². The Balaban J connectivity index is 2.30. The van der Waals surface area contributed by atoms with Gasteiger partial charge in [-0.3, -0.25) is 9.78 Å². The number of anilines is 1. The molecular formula is C17H20N2O3. The van der Waals surface area contributed by atoms with Gasteiger partial charge in [-0.05, 0) is 19.1 Å². The van der Waals surface area contributed by atoms with Gasteiger partial charge < -0.3 is 15.2 Å². The van der Waals surface area contributed by atoms with Crippen molar-refractivity contribution in [3.8, 4) is 17.2 Å². The number of rotatable bonds is 3. The summed E-state index contributed by atoms with van der Waals surface area (Å²) in [7, 11) is 0. The van der Waals surface area contributed by atoms with Gasteiger partial charge in [0.25, 0.3) is 0 Å². The quantitative estimate of drug-likeness (QED) is 0.902. The summed E-state index contributed by atoms with van der Waals surface area (Å²) in [5.74, 6) is 0.538. The van der Waals surface area contributed by atoms with Crippen LogP contribution in [-0.2, 0) is 4.79 Å². The molecule has 0 bridgehead atoms. The molecule has 2 rings (SSSR count). The molecule has 0 saturated carbocycles. The van der Waals surface area contributed by atoms with E-state index >= 15 is 0 Å². The van der Waals surface area contributed by atoms with Crippen LogP contribution in [0, 0.1) is 12.3 Å². The fourth-order valence-corrected chi connectivity index (χ4v) is 1.67. The van der Waals surface area contributed by atoms with E-state index in [9.17, 15) is 9.90 Å². The molecule has 0 saturated heterocycles. The molecule has 22 heavy (non-hydrogen) atoms. The van der Waals surface area contributed by atoms with E-state index in [-0.39, 0.29) is 17.3 Å². The van der Waals surface area contributed by atoms with Crippen molar-refractivity contribution in [2.75, 3.05) is 5.32 Å². The summed E-state index contributed by atoms with van der Waals surface area (Å²) in [5.41, 5.74) is 0.745. The number of nitrogens with one attached hydrogen (secondary N) is 1. The lowest BCUT2D eigenvalue weighted by Gasteiger charge is -2.19. The normalized spacial score (nSPS) is 11.1. The zero-order valence-corrected chi connectivity index (χ0v) is 13.2. The zero-order valence-electron chi connectivity index (χ0n) is 13.2. The number of aryl methyl sites for hydroxylation is 1. The van der Waals surface area contributed by atoms with Crippen molar-refractivity contribution in [1.29, 1.82) is 0 Å². The summed E-state index contributed by atoms with van der Waals surface area (Å²) < 4.78 is 5.72. The summed E-state index contributed by atoms with van der Waals surface area (Å²) in [4.78, 5) is 16.0. The lowest BCUT2D eigenvalue weighted by molar-refractivity contribution is -0.123. The molecule has 2 aromatic rings. The van der Waals surface area contributed by atoms with E-state index in [0.717, 1.165) is 5.56 Å². The van der Waals surface area contributed by atoms with Crippen molar-refractivity contribution in [3.05, 3.63) is 42.2 Å². The number of aromatic nitrogens is 1. The number of nitrogens with zero attached hydrogens (tertiary/aromatic N) is 1. The summed E-state index contributed by atoms with van der Waals surface area (Å²) in [6.45, 7) is 7.36. The Labute approximate surface area is 130 Å². The first kappa shape index (κ1) is 15.8. The van der Waals surface area contributed by atoms with Crippen molar-refractivity contribution in [1.82, 2.24) is 4.98 Å². The number of amides is 1. The summed E-state index contributed by atoms with van der Waals surface area (Å²) in [6, 6.07) is 7.46. The van der Waals surface area contributed by atoms with Gasteiger partial charge in [-0.25, -0.2) is 0 Å². The smallest absolute Gasteiger partial charge is 0.229 e. The van der Waals surface area contributed by atoms with E-state index in [0.29, 0.717) is 11.5 Å². The standard InChI is InChI=1S/C17H20N2O3/c1-11-5-7-12(8-6-11)22-14-10-18-9-13(20)15(14)19-16(21)17(2,3)4/h5-10,20H,1-4H3,(H,18,19,21). The molecule has 2 N–H and O–H groups in total. The molecule has 5 heteroatoms. The first-order valence-corrected chi connectivity index (χ1v) is 7.00. The second-order valence-corrected chi connectivity index (χ2v) is 6.15. The van der Waals surface area contributed by atoms with E-state index in [1.54, 1.807) is 20.8 Å². The fraction of sp³-hybridized carbons (Fsp3) is 0.294. The lowest BCUT2D eigenvalue weighted by Crippen LogP contribution is -2.27. The summed E-state index contributed by atoms with van der Waals surface area (Å²) in [6.07, 6.45) is 2.72. The van der Waals surface area contributed by atoms with Gasteiger partial charge in [-0.1, -0.05) is 38.5 Å². The SMILES string of the molecule is Cc1ccc(Oc2cncc(O)c2NC(=O)C(C)(C)C)cc1. The lowest BCUT2D eigenvalue weighted by atomic mass is 9.95. The molecule has 0 aliphatic rings. The van der Waals surface area contributed by atoms with Crippen LogP contribution in [0.15, 0.2) is 36.7 Å². The monoisotopic (exact) mass is 300 g/mol. The minimum Gasteiger partial charge on any atom is -0.504 e. The van der Waals surface area contributed by atoms with Crippen LogP contribution < -0.4 is 10.1 Å². The molecule has 0 unspecified atom stereocenters. The van der Waals surface area contributed by atoms with Gasteiger partial charge in [0.2, 0.25) is 5.91 Å². The van der Waals surface area contributed by atoms with Crippen molar-refractivity contribution in [3.63, 3.8) is 0 Å². The van der Waals surface area contributed by atoms with Gasteiger partial charge in [0, 0.05) is 5.41 Å². The number of hydrogen-bond donors (Lipinski definition) is 2. The molecule has 0 spiro atoms. The Hall–Kier alpha value is -2.56. The van der Waals surface area contributed by atoms with Crippen LogP contribution in [-0.4, -0.2) is 16.0 Å². The molecule has 0 atom stereocenters. The van der Waals surface area contributed by atoms with Crippen LogP contribution in [0.25, 0.3) is 0 Å². The third kappa shape index (κ3) is 3.75. The first-order chi connectivity index (χ1) is 10.3. The summed E-state index contributed by atoms with van der Waals surface area (Å²) in [5, 5.41) is 12.7. The van der Waals surface area contributed by atoms with E-state index in [4.69, 9.17) is 4.74 Å². The maximum atomic E-state index is 12.1. The third-order valence-corrected chi connectivity index (χ3v) is 3.06. The molecular weight excluding hydrogens is 280 g/mol. The molecule has 1 aromatic carbocycles. The van der Waals surface area contributed by atoms with Crippen LogP contribution in [0.4, 0.5) is 5.69 Å². The zero-order chi connectivity index (χ0) is 16.3. The number of pyridine rings is 1. The highest BCUT2D eigenvalue weighted by Gasteiger charge is 2.24. The van der Waals surface area contributed by atoms with Crippen molar-refractivity contribution in [2.45, 2.75) is 27.7 Å². The van der Waals surface area contributed by atoms with E-state index < -0.39 is 5.41 Å². The Morgan fingerprint density at radius 3 is 2.41 bits per heavy atom. The number of benzene rings is 1. The van der Waals surface area contributed by atoms with Crippen molar-refractivity contribution < 1.29 is 14.6 Å². The van der Waals surface area contributed by atoms with Crippen LogP contribution in [0.1, 0.15) is 26.3 Å². The maximum Gasteiger partial charge on any atom is 0.229 e. The number of hydrogen-bond acceptors (Lipinski definition) is 4. The average molecular weight is 300 g/mol. The second-order valence-electron chi connectivity index (χ2n) is 6.15. The number of carbonyl (C=O) groups excluding carboxylic acids is 1. The topological polar surface area (TPSA) is 71.5 Å². The van der Waals surface area contributed by atoms with Crippen LogP contribution in [0.2, 0.25) is 0 Å².